The van der Waals surface area contributed by atoms with Gasteiger partial charge in [0.1, 0.15) is 0 Å². The fourth-order valence-corrected chi connectivity index (χ4v) is 2.90. The third-order valence-electron chi connectivity index (χ3n) is 4.12. The van der Waals surface area contributed by atoms with E-state index in [1.165, 1.54) is 10.7 Å². The lowest BCUT2D eigenvalue weighted by Crippen LogP contribution is -2.31. The Kier molecular flexibility index (Phi) is 3.23. The fourth-order valence-electron chi connectivity index (χ4n) is 2.90. The Balaban J connectivity index is 1.77. The highest BCUT2D eigenvalue weighted by Gasteiger charge is 2.29. The van der Waals surface area contributed by atoms with E-state index in [9.17, 15) is 9.59 Å². The van der Waals surface area contributed by atoms with E-state index in [2.05, 4.69) is 15.5 Å². The highest BCUT2D eigenvalue weighted by Crippen LogP contribution is 2.30. The Hall–Kier alpha value is -3.29. The molecule has 3 heterocycles. The number of carbonyl (C=O) groups is 1. The highest BCUT2D eigenvalue weighted by atomic mass is 16.2. The molecule has 8 nitrogen and oxygen atoms in total. The maximum atomic E-state index is 12.7. The zero-order valence-electron chi connectivity index (χ0n) is 13.0. The molecule has 0 radical (unpaired) electrons. The van der Waals surface area contributed by atoms with Crippen LogP contribution in [0, 0.1) is 0 Å². The number of hydrogen-bond donors (Lipinski definition) is 0. The fraction of sp³-hybridized carbons (Fsp3) is 0.188. The summed E-state index contributed by atoms with van der Waals surface area (Å²) < 4.78 is 2.90. The summed E-state index contributed by atoms with van der Waals surface area (Å²) in [5.74, 6) is -0.0658. The second kappa shape index (κ2) is 5.41. The summed E-state index contributed by atoms with van der Waals surface area (Å²) in [6, 6.07) is 10.7. The zero-order chi connectivity index (χ0) is 16.7. The molecular weight excluding hydrogens is 308 g/mol. The summed E-state index contributed by atoms with van der Waals surface area (Å²) in [4.78, 5) is 26.4. The Morgan fingerprint density at radius 2 is 2.08 bits per heavy atom. The van der Waals surface area contributed by atoms with Gasteiger partial charge in [0.05, 0.1) is 5.69 Å². The first-order valence-corrected chi connectivity index (χ1v) is 7.50. The number of fused-ring (bicyclic) bond motifs is 1. The molecule has 1 aliphatic rings. The van der Waals surface area contributed by atoms with Crippen molar-refractivity contribution in [1.82, 2.24) is 24.8 Å². The number of rotatable bonds is 2. The summed E-state index contributed by atoms with van der Waals surface area (Å²) in [5.41, 5.74) is 2.45. The van der Waals surface area contributed by atoms with Crippen LogP contribution in [0.5, 0.6) is 0 Å². The molecule has 1 aromatic carbocycles. The molecule has 0 atom stereocenters. The molecule has 2 aromatic heterocycles. The van der Waals surface area contributed by atoms with Gasteiger partial charge >= 0.3 is 0 Å². The molecule has 1 aliphatic heterocycles. The molecule has 3 aromatic rings. The van der Waals surface area contributed by atoms with E-state index in [4.69, 9.17) is 0 Å². The van der Waals surface area contributed by atoms with Crippen molar-refractivity contribution in [1.29, 1.82) is 0 Å². The van der Waals surface area contributed by atoms with Crippen LogP contribution in [-0.2, 0) is 13.5 Å². The lowest BCUT2D eigenvalue weighted by atomic mass is 10.1. The van der Waals surface area contributed by atoms with Gasteiger partial charge in [0.2, 0.25) is 5.82 Å². The summed E-state index contributed by atoms with van der Waals surface area (Å²) in [6.07, 6.45) is 2.47. The van der Waals surface area contributed by atoms with Gasteiger partial charge in [-0.2, -0.15) is 0 Å². The molecule has 24 heavy (non-hydrogen) atoms. The van der Waals surface area contributed by atoms with E-state index in [1.54, 1.807) is 34.8 Å². The van der Waals surface area contributed by atoms with E-state index in [1.807, 2.05) is 18.2 Å². The van der Waals surface area contributed by atoms with Crippen molar-refractivity contribution in [3.8, 4) is 5.69 Å². The summed E-state index contributed by atoms with van der Waals surface area (Å²) in [6.45, 7) is 0.564. The first-order chi connectivity index (χ1) is 11.6. The first-order valence-electron chi connectivity index (χ1n) is 7.50. The number of anilines is 1. The van der Waals surface area contributed by atoms with Crippen molar-refractivity contribution in [3.63, 3.8) is 0 Å². The molecule has 0 unspecified atom stereocenters. The Morgan fingerprint density at radius 1 is 1.21 bits per heavy atom. The number of tetrazole rings is 1. The standard InChI is InChI=1S/C16H14N6O2/c1-20-15(17-18-19-20)16(24)22-9-7-11-5-6-12(10-13(11)22)21-8-3-2-4-14(21)23/h2-6,8,10H,7,9H2,1H3. The number of aromatic nitrogens is 5. The maximum Gasteiger partial charge on any atom is 0.297 e. The SMILES string of the molecule is Cn1nnnc1C(=O)N1CCc2ccc(-n3ccccc3=O)cc21. The van der Waals surface area contributed by atoms with Crippen LogP contribution in [0.4, 0.5) is 5.69 Å². The van der Waals surface area contributed by atoms with Gasteiger partial charge in [-0.3, -0.25) is 14.2 Å². The third kappa shape index (κ3) is 2.19. The average molecular weight is 322 g/mol. The average Bonchev–Trinajstić information content (AvgIpc) is 3.20. The minimum atomic E-state index is -0.251. The van der Waals surface area contributed by atoms with Crippen molar-refractivity contribution < 1.29 is 4.79 Å². The Bertz CT molecular complexity index is 990. The normalized spacial score (nSPS) is 13.1. The topological polar surface area (TPSA) is 85.9 Å². The van der Waals surface area contributed by atoms with Gasteiger partial charge in [-0.1, -0.05) is 12.1 Å². The molecule has 0 spiro atoms. The summed E-state index contributed by atoms with van der Waals surface area (Å²) in [7, 11) is 1.63. The van der Waals surface area contributed by atoms with E-state index in [0.29, 0.717) is 6.54 Å². The van der Waals surface area contributed by atoms with E-state index >= 15 is 0 Å². The lowest BCUT2D eigenvalue weighted by molar-refractivity contribution is 0.0975. The number of pyridine rings is 1. The lowest BCUT2D eigenvalue weighted by Gasteiger charge is -2.17. The number of aryl methyl sites for hydroxylation is 1. The molecule has 0 fully saturated rings. The van der Waals surface area contributed by atoms with E-state index in [-0.39, 0.29) is 17.3 Å². The predicted octanol–water partition coefficient (Wildman–Crippen LogP) is 0.564. The number of benzene rings is 1. The number of nitrogens with zero attached hydrogens (tertiary/aromatic N) is 6. The van der Waals surface area contributed by atoms with Crippen LogP contribution in [0.25, 0.3) is 5.69 Å². The monoisotopic (exact) mass is 322 g/mol. The Morgan fingerprint density at radius 3 is 2.83 bits per heavy atom. The molecule has 0 saturated heterocycles. The maximum absolute atomic E-state index is 12.7. The largest absolute Gasteiger partial charge is 0.305 e. The van der Waals surface area contributed by atoms with Gasteiger partial charge < -0.3 is 4.90 Å². The van der Waals surface area contributed by atoms with Crippen LogP contribution >= 0.6 is 0 Å². The summed E-state index contributed by atoms with van der Waals surface area (Å²) >= 11 is 0. The van der Waals surface area contributed by atoms with Crippen molar-refractivity contribution >= 4 is 11.6 Å². The number of hydrogen-bond acceptors (Lipinski definition) is 5. The molecule has 4 rings (SSSR count). The van der Waals surface area contributed by atoms with Gasteiger partial charge in [-0.05, 0) is 40.6 Å². The third-order valence-corrected chi connectivity index (χ3v) is 4.12. The van der Waals surface area contributed by atoms with Crippen molar-refractivity contribution in [2.24, 2.45) is 7.05 Å². The van der Waals surface area contributed by atoms with Crippen LogP contribution in [0.2, 0.25) is 0 Å². The van der Waals surface area contributed by atoms with Crippen LogP contribution < -0.4 is 10.5 Å². The molecule has 0 aliphatic carbocycles. The van der Waals surface area contributed by atoms with E-state index < -0.39 is 0 Å². The van der Waals surface area contributed by atoms with Crippen LogP contribution in [0.3, 0.4) is 0 Å². The van der Waals surface area contributed by atoms with Crippen molar-refractivity contribution in [3.05, 3.63) is 64.3 Å². The molecule has 0 saturated carbocycles. The first kappa shape index (κ1) is 14.3. The molecule has 120 valence electrons. The van der Waals surface area contributed by atoms with Gasteiger partial charge in [0, 0.05) is 31.5 Å². The van der Waals surface area contributed by atoms with Gasteiger partial charge in [0.15, 0.2) is 0 Å². The van der Waals surface area contributed by atoms with Crippen LogP contribution in [-0.4, -0.2) is 37.2 Å². The van der Waals surface area contributed by atoms with Gasteiger partial charge in [-0.15, -0.1) is 5.10 Å². The number of amides is 1. The zero-order valence-corrected chi connectivity index (χ0v) is 13.0. The summed E-state index contributed by atoms with van der Waals surface area (Å²) in [5, 5.41) is 11.0. The minimum absolute atomic E-state index is 0.120. The second-order valence-electron chi connectivity index (χ2n) is 5.55. The van der Waals surface area contributed by atoms with Gasteiger partial charge in [-0.25, -0.2) is 4.68 Å². The van der Waals surface area contributed by atoms with E-state index in [0.717, 1.165) is 23.4 Å². The highest BCUT2D eigenvalue weighted by molar-refractivity contribution is 6.05. The smallest absolute Gasteiger partial charge is 0.297 e. The van der Waals surface area contributed by atoms with Crippen molar-refractivity contribution in [2.75, 3.05) is 11.4 Å². The minimum Gasteiger partial charge on any atom is -0.305 e. The number of carbonyl (C=O) groups excluding carboxylic acids is 1. The van der Waals surface area contributed by atoms with Crippen molar-refractivity contribution in [2.45, 2.75) is 6.42 Å². The molecule has 1 amide bonds. The molecule has 0 bridgehead atoms. The predicted molar refractivity (Wildman–Crippen MR) is 86.2 cm³/mol. The van der Waals surface area contributed by atoms with Gasteiger partial charge in [0.25, 0.3) is 11.5 Å². The quantitative estimate of drug-likeness (QED) is 0.688. The van der Waals surface area contributed by atoms with Crippen LogP contribution in [0.15, 0.2) is 47.4 Å². The van der Waals surface area contributed by atoms with Crippen LogP contribution in [0.1, 0.15) is 16.2 Å². The molecular formula is C16H14N6O2. The Labute approximate surface area is 136 Å². The molecule has 8 heteroatoms. The second-order valence-corrected chi connectivity index (χ2v) is 5.55. The molecule has 0 N–H and O–H groups in total.